The van der Waals surface area contributed by atoms with E-state index in [1.165, 1.54) is 11.3 Å². The largest absolute Gasteiger partial charge is 0.301 e. The number of aryl methyl sites for hydroxylation is 1. The number of pyridine rings is 1. The number of hydrogen-bond donors (Lipinski definition) is 0. The summed E-state index contributed by atoms with van der Waals surface area (Å²) in [5, 5.41) is 4.22. The van der Waals surface area contributed by atoms with E-state index in [1.54, 1.807) is 0 Å². The number of rotatable bonds is 6. The van der Waals surface area contributed by atoms with E-state index in [1.807, 2.05) is 35.4 Å². The average Bonchev–Trinajstić information content (AvgIpc) is 2.91. The first kappa shape index (κ1) is 13.7. The van der Waals surface area contributed by atoms with Crippen LogP contribution in [0.3, 0.4) is 0 Å². The van der Waals surface area contributed by atoms with Crippen LogP contribution in [0.2, 0.25) is 0 Å². The molecule has 0 aliphatic rings. The van der Waals surface area contributed by atoms with Crippen LogP contribution in [0.25, 0.3) is 0 Å². The number of hydrogen-bond acceptors (Lipinski definition) is 3. The molecule has 0 aromatic carbocycles. The Labute approximate surface area is 115 Å². The molecule has 0 aliphatic carbocycles. The van der Waals surface area contributed by atoms with E-state index in [0.717, 1.165) is 19.5 Å². The van der Waals surface area contributed by atoms with E-state index in [0.29, 0.717) is 6.04 Å². The zero-order valence-corrected chi connectivity index (χ0v) is 12.0. The van der Waals surface area contributed by atoms with Gasteiger partial charge in [0.05, 0.1) is 6.54 Å². The van der Waals surface area contributed by atoms with Crippen molar-refractivity contribution in [3.8, 4) is 0 Å². The molecular formula is C15H22N4. The Kier molecular flexibility index (Phi) is 4.68. The van der Waals surface area contributed by atoms with Gasteiger partial charge >= 0.3 is 0 Å². The molecule has 2 heterocycles. The van der Waals surface area contributed by atoms with Crippen molar-refractivity contribution < 1.29 is 0 Å². The van der Waals surface area contributed by atoms with Gasteiger partial charge < -0.3 is 4.90 Å². The topological polar surface area (TPSA) is 34.0 Å². The van der Waals surface area contributed by atoms with Crippen LogP contribution in [0.15, 0.2) is 36.8 Å². The number of nitrogens with zero attached hydrogens (tertiary/aromatic N) is 4. The average molecular weight is 258 g/mol. The summed E-state index contributed by atoms with van der Waals surface area (Å²) in [7, 11) is 2.16. The smallest absolute Gasteiger partial charge is 0.0536 e. The van der Waals surface area contributed by atoms with Crippen molar-refractivity contribution in [1.82, 2.24) is 19.7 Å². The molecular weight excluding hydrogens is 236 g/mol. The van der Waals surface area contributed by atoms with Gasteiger partial charge in [-0.3, -0.25) is 9.67 Å². The second kappa shape index (κ2) is 6.48. The molecule has 0 radical (unpaired) electrons. The minimum absolute atomic E-state index is 0.476. The van der Waals surface area contributed by atoms with Crippen molar-refractivity contribution in [2.75, 3.05) is 13.6 Å². The third-order valence-corrected chi connectivity index (χ3v) is 3.60. The Morgan fingerprint density at radius 3 is 2.84 bits per heavy atom. The van der Waals surface area contributed by atoms with Crippen LogP contribution in [-0.2, 0) is 13.0 Å². The highest BCUT2D eigenvalue weighted by molar-refractivity contribution is 5.18. The molecule has 0 spiro atoms. The Bertz CT molecular complexity index is 493. The Balaban J connectivity index is 1.85. The van der Waals surface area contributed by atoms with Gasteiger partial charge in [0.1, 0.15) is 0 Å². The van der Waals surface area contributed by atoms with E-state index in [2.05, 4.69) is 41.9 Å². The van der Waals surface area contributed by atoms with Gasteiger partial charge in [0.2, 0.25) is 0 Å². The van der Waals surface area contributed by atoms with Crippen LogP contribution < -0.4 is 0 Å². The summed E-state index contributed by atoms with van der Waals surface area (Å²) in [4.78, 5) is 6.82. The van der Waals surface area contributed by atoms with Crippen molar-refractivity contribution in [3.63, 3.8) is 0 Å². The quantitative estimate of drug-likeness (QED) is 0.796. The predicted octanol–water partition coefficient (Wildman–Crippen LogP) is 2.15. The van der Waals surface area contributed by atoms with Gasteiger partial charge in [-0.1, -0.05) is 6.07 Å². The van der Waals surface area contributed by atoms with Gasteiger partial charge in [-0.05, 0) is 38.6 Å². The monoisotopic (exact) mass is 258 g/mol. The van der Waals surface area contributed by atoms with Crippen LogP contribution in [0.1, 0.15) is 18.2 Å². The maximum absolute atomic E-state index is 4.47. The van der Waals surface area contributed by atoms with Crippen LogP contribution in [-0.4, -0.2) is 39.3 Å². The zero-order chi connectivity index (χ0) is 13.7. The summed E-state index contributed by atoms with van der Waals surface area (Å²) in [6.45, 7) is 6.29. The zero-order valence-electron chi connectivity index (χ0n) is 12.0. The standard InChI is InChI=1S/C15H22N4/c1-13-6-4-7-16-15(13)12-14(2)18(3)10-11-19-9-5-8-17-19/h4-9,14H,10-12H2,1-3H3. The molecule has 19 heavy (non-hydrogen) atoms. The van der Waals surface area contributed by atoms with Crippen LogP contribution >= 0.6 is 0 Å². The summed E-state index contributed by atoms with van der Waals surface area (Å²) in [6, 6.07) is 6.55. The van der Waals surface area contributed by atoms with Gasteiger partial charge in [-0.15, -0.1) is 0 Å². The summed E-state index contributed by atoms with van der Waals surface area (Å²) in [5.41, 5.74) is 2.47. The Morgan fingerprint density at radius 2 is 2.16 bits per heavy atom. The van der Waals surface area contributed by atoms with Gasteiger partial charge in [0.25, 0.3) is 0 Å². The summed E-state index contributed by atoms with van der Waals surface area (Å²) < 4.78 is 1.97. The SMILES string of the molecule is Cc1cccnc1CC(C)N(C)CCn1cccn1. The lowest BCUT2D eigenvalue weighted by molar-refractivity contribution is 0.241. The van der Waals surface area contributed by atoms with Crippen LogP contribution in [0, 0.1) is 6.92 Å². The molecule has 1 unspecified atom stereocenters. The van der Waals surface area contributed by atoms with E-state index in [4.69, 9.17) is 0 Å². The molecule has 2 rings (SSSR count). The molecule has 0 amide bonds. The maximum Gasteiger partial charge on any atom is 0.0536 e. The molecule has 0 fully saturated rings. The lowest BCUT2D eigenvalue weighted by Gasteiger charge is -2.24. The van der Waals surface area contributed by atoms with Crippen molar-refractivity contribution >= 4 is 0 Å². The third-order valence-electron chi connectivity index (χ3n) is 3.60. The predicted molar refractivity (Wildman–Crippen MR) is 77.0 cm³/mol. The van der Waals surface area contributed by atoms with Crippen molar-refractivity contribution in [3.05, 3.63) is 48.0 Å². The van der Waals surface area contributed by atoms with Crippen LogP contribution in [0.5, 0.6) is 0 Å². The summed E-state index contributed by atoms with van der Waals surface area (Å²) in [6.07, 6.45) is 6.68. The highest BCUT2D eigenvalue weighted by Gasteiger charge is 2.11. The van der Waals surface area contributed by atoms with Gasteiger partial charge in [0, 0.05) is 43.3 Å². The number of aromatic nitrogens is 3. The highest BCUT2D eigenvalue weighted by atomic mass is 15.3. The van der Waals surface area contributed by atoms with Gasteiger partial charge in [0.15, 0.2) is 0 Å². The molecule has 0 bridgehead atoms. The molecule has 2 aromatic heterocycles. The normalized spacial score (nSPS) is 12.8. The van der Waals surface area contributed by atoms with E-state index >= 15 is 0 Å². The molecule has 102 valence electrons. The summed E-state index contributed by atoms with van der Waals surface area (Å²) >= 11 is 0. The lowest BCUT2D eigenvalue weighted by Crippen LogP contribution is -2.34. The Hall–Kier alpha value is -1.68. The lowest BCUT2D eigenvalue weighted by atomic mass is 10.1. The first-order chi connectivity index (χ1) is 9.16. The second-order valence-electron chi connectivity index (χ2n) is 5.07. The fraction of sp³-hybridized carbons (Fsp3) is 0.467. The molecule has 1 atom stereocenters. The molecule has 0 saturated heterocycles. The second-order valence-corrected chi connectivity index (χ2v) is 5.07. The minimum atomic E-state index is 0.476. The first-order valence-electron chi connectivity index (χ1n) is 6.75. The van der Waals surface area contributed by atoms with Crippen molar-refractivity contribution in [1.29, 1.82) is 0 Å². The molecule has 2 aromatic rings. The molecule has 4 nitrogen and oxygen atoms in total. The van der Waals surface area contributed by atoms with Crippen molar-refractivity contribution in [2.45, 2.75) is 32.9 Å². The van der Waals surface area contributed by atoms with Crippen molar-refractivity contribution in [2.24, 2.45) is 0 Å². The van der Waals surface area contributed by atoms with E-state index in [9.17, 15) is 0 Å². The van der Waals surface area contributed by atoms with E-state index < -0.39 is 0 Å². The fourth-order valence-corrected chi connectivity index (χ4v) is 2.08. The van der Waals surface area contributed by atoms with E-state index in [-0.39, 0.29) is 0 Å². The Morgan fingerprint density at radius 1 is 1.32 bits per heavy atom. The van der Waals surface area contributed by atoms with Gasteiger partial charge in [-0.25, -0.2) is 0 Å². The highest BCUT2D eigenvalue weighted by Crippen LogP contribution is 2.09. The first-order valence-corrected chi connectivity index (χ1v) is 6.75. The molecule has 0 N–H and O–H groups in total. The molecule has 0 saturated carbocycles. The van der Waals surface area contributed by atoms with Crippen LogP contribution in [0.4, 0.5) is 0 Å². The van der Waals surface area contributed by atoms with Gasteiger partial charge in [-0.2, -0.15) is 5.10 Å². The minimum Gasteiger partial charge on any atom is -0.301 e. The number of likely N-dealkylation sites (N-methyl/N-ethyl adjacent to an activating group) is 1. The fourth-order valence-electron chi connectivity index (χ4n) is 2.08. The maximum atomic E-state index is 4.47. The molecule has 4 heteroatoms. The molecule has 0 aliphatic heterocycles. The third kappa shape index (κ3) is 3.89. The summed E-state index contributed by atoms with van der Waals surface area (Å²) in [5.74, 6) is 0.